The Morgan fingerprint density at radius 2 is 2.12 bits per heavy atom. The van der Waals surface area contributed by atoms with Crippen LogP contribution in [0.4, 0.5) is 11.5 Å². The highest BCUT2D eigenvalue weighted by Crippen LogP contribution is 2.31. The number of anilines is 2. The first-order chi connectivity index (χ1) is 11.8. The zero-order valence-corrected chi connectivity index (χ0v) is 13.7. The predicted molar refractivity (Wildman–Crippen MR) is 94.2 cm³/mol. The van der Waals surface area contributed by atoms with Gasteiger partial charge >= 0.3 is 0 Å². The van der Waals surface area contributed by atoms with Gasteiger partial charge < -0.3 is 15.3 Å². The second-order valence-electron chi connectivity index (χ2n) is 6.01. The summed E-state index contributed by atoms with van der Waals surface area (Å²) in [6.07, 6.45) is 4.91. The van der Waals surface area contributed by atoms with Crippen LogP contribution in [0, 0.1) is 0 Å². The summed E-state index contributed by atoms with van der Waals surface area (Å²) in [6.45, 7) is 1.48. The summed E-state index contributed by atoms with van der Waals surface area (Å²) in [5.74, 6) is 0.899. The molecule has 0 saturated heterocycles. The number of hydrogen-bond donors (Lipinski definition) is 2. The number of carbonyl (C=O) groups excluding carboxylic acids is 1. The molecule has 0 saturated carbocycles. The highest BCUT2D eigenvalue weighted by Gasteiger charge is 2.18. The van der Waals surface area contributed by atoms with E-state index in [1.807, 2.05) is 18.3 Å². The van der Waals surface area contributed by atoms with Crippen LogP contribution in [-0.4, -0.2) is 29.1 Å². The maximum atomic E-state index is 11.6. The van der Waals surface area contributed by atoms with Crippen molar-refractivity contribution in [2.45, 2.75) is 32.2 Å². The van der Waals surface area contributed by atoms with Gasteiger partial charge in [0.15, 0.2) is 0 Å². The van der Waals surface area contributed by atoms with E-state index in [1.165, 1.54) is 11.3 Å². The number of para-hydroxylation sites is 1. The van der Waals surface area contributed by atoms with Crippen molar-refractivity contribution < 1.29 is 9.90 Å². The highest BCUT2D eigenvalue weighted by atomic mass is 16.3. The van der Waals surface area contributed by atoms with Gasteiger partial charge in [0.2, 0.25) is 5.91 Å². The molecule has 3 rings (SSSR count). The average molecular weight is 325 g/mol. The fraction of sp³-hybridized carbons (Fsp3) is 0.368. The van der Waals surface area contributed by atoms with Gasteiger partial charge in [-0.15, -0.1) is 0 Å². The van der Waals surface area contributed by atoms with Crippen molar-refractivity contribution in [3.05, 3.63) is 53.7 Å². The summed E-state index contributed by atoms with van der Waals surface area (Å²) in [5.41, 5.74) is 3.58. The van der Waals surface area contributed by atoms with Gasteiger partial charge in [-0.1, -0.05) is 24.3 Å². The number of nitrogens with one attached hydrogen (secondary N) is 1. The van der Waals surface area contributed by atoms with Crippen LogP contribution in [0.3, 0.4) is 0 Å². The number of rotatable bonds is 6. The normalized spacial score (nSPS) is 13.5. The Morgan fingerprint density at radius 3 is 2.92 bits per heavy atom. The molecule has 1 aliphatic rings. The van der Waals surface area contributed by atoms with E-state index in [0.29, 0.717) is 19.4 Å². The van der Waals surface area contributed by atoms with Crippen molar-refractivity contribution in [3.8, 4) is 0 Å². The molecule has 5 nitrogen and oxygen atoms in total. The van der Waals surface area contributed by atoms with E-state index in [9.17, 15) is 4.79 Å². The highest BCUT2D eigenvalue weighted by molar-refractivity contribution is 5.75. The van der Waals surface area contributed by atoms with Gasteiger partial charge in [-0.2, -0.15) is 0 Å². The van der Waals surface area contributed by atoms with Crippen molar-refractivity contribution in [2.24, 2.45) is 0 Å². The second-order valence-corrected chi connectivity index (χ2v) is 6.01. The number of hydrogen-bond acceptors (Lipinski definition) is 4. The second kappa shape index (κ2) is 7.93. The largest absolute Gasteiger partial charge is 0.396 e. The Morgan fingerprint density at radius 1 is 1.25 bits per heavy atom. The Kier molecular flexibility index (Phi) is 5.43. The predicted octanol–water partition coefficient (Wildman–Crippen LogP) is 2.55. The molecule has 2 heterocycles. The smallest absolute Gasteiger partial charge is 0.220 e. The van der Waals surface area contributed by atoms with Crippen LogP contribution < -0.4 is 10.2 Å². The van der Waals surface area contributed by atoms with Crippen molar-refractivity contribution >= 4 is 17.4 Å². The van der Waals surface area contributed by atoms with Crippen LogP contribution in [0.5, 0.6) is 0 Å². The summed E-state index contributed by atoms with van der Waals surface area (Å²) in [4.78, 5) is 18.4. The summed E-state index contributed by atoms with van der Waals surface area (Å²) in [6, 6.07) is 12.5. The SMILES string of the molecule is O=C(CCCO)NCc1ccc(N2CCCc3ccccc32)nc1. The lowest BCUT2D eigenvalue weighted by Crippen LogP contribution is -2.25. The van der Waals surface area contributed by atoms with Crippen LogP contribution in [0.1, 0.15) is 30.4 Å². The van der Waals surface area contributed by atoms with E-state index in [2.05, 4.69) is 39.5 Å². The number of aliphatic hydroxyl groups is 1. The molecule has 0 fully saturated rings. The van der Waals surface area contributed by atoms with Crippen LogP contribution >= 0.6 is 0 Å². The number of aliphatic hydroxyl groups excluding tert-OH is 1. The monoisotopic (exact) mass is 325 g/mol. The first-order valence-electron chi connectivity index (χ1n) is 8.46. The van der Waals surface area contributed by atoms with Crippen LogP contribution in [-0.2, 0) is 17.8 Å². The minimum absolute atomic E-state index is 0.0426. The maximum absolute atomic E-state index is 11.6. The van der Waals surface area contributed by atoms with Crippen molar-refractivity contribution in [2.75, 3.05) is 18.1 Å². The first-order valence-corrected chi connectivity index (χ1v) is 8.46. The Bertz CT molecular complexity index is 685. The molecule has 0 unspecified atom stereocenters. The molecule has 1 amide bonds. The van der Waals surface area contributed by atoms with E-state index in [0.717, 1.165) is 30.8 Å². The van der Waals surface area contributed by atoms with Gasteiger partial charge in [0.1, 0.15) is 5.82 Å². The maximum Gasteiger partial charge on any atom is 0.220 e. The lowest BCUT2D eigenvalue weighted by atomic mass is 10.0. The van der Waals surface area contributed by atoms with Crippen LogP contribution in [0.2, 0.25) is 0 Å². The lowest BCUT2D eigenvalue weighted by Gasteiger charge is -2.30. The Hall–Kier alpha value is -2.40. The van der Waals surface area contributed by atoms with Crippen LogP contribution in [0.25, 0.3) is 0 Å². The Balaban J connectivity index is 1.64. The molecule has 0 atom stereocenters. The van der Waals surface area contributed by atoms with Gasteiger partial charge in [0, 0.05) is 38.0 Å². The molecule has 2 N–H and O–H groups in total. The summed E-state index contributed by atoms with van der Waals surface area (Å²) in [5, 5.41) is 11.6. The molecule has 1 aliphatic heterocycles. The minimum atomic E-state index is -0.0434. The van der Waals surface area contributed by atoms with Gasteiger partial charge in [-0.3, -0.25) is 4.79 Å². The minimum Gasteiger partial charge on any atom is -0.396 e. The molecular weight excluding hydrogens is 302 g/mol. The molecule has 2 aromatic rings. The van der Waals surface area contributed by atoms with Gasteiger partial charge in [0.05, 0.1) is 0 Å². The van der Waals surface area contributed by atoms with Crippen molar-refractivity contribution in [1.82, 2.24) is 10.3 Å². The van der Waals surface area contributed by atoms with E-state index in [-0.39, 0.29) is 12.5 Å². The average Bonchev–Trinajstić information content (AvgIpc) is 2.64. The molecule has 1 aromatic carbocycles. The molecule has 0 bridgehead atoms. The Labute approximate surface area is 142 Å². The van der Waals surface area contributed by atoms with E-state index in [1.54, 1.807) is 0 Å². The molecule has 0 spiro atoms. The fourth-order valence-electron chi connectivity index (χ4n) is 2.98. The summed E-state index contributed by atoms with van der Waals surface area (Å²) in [7, 11) is 0. The quantitative estimate of drug-likeness (QED) is 0.857. The number of carbonyl (C=O) groups is 1. The lowest BCUT2D eigenvalue weighted by molar-refractivity contribution is -0.121. The van der Waals surface area contributed by atoms with Gasteiger partial charge in [-0.05, 0) is 42.5 Å². The molecule has 5 heteroatoms. The molecular formula is C19H23N3O2. The summed E-state index contributed by atoms with van der Waals surface area (Å²) < 4.78 is 0. The van der Waals surface area contributed by atoms with Crippen LogP contribution in [0.15, 0.2) is 42.6 Å². The van der Waals surface area contributed by atoms with E-state index >= 15 is 0 Å². The number of aryl methyl sites for hydroxylation is 1. The topological polar surface area (TPSA) is 65.5 Å². The van der Waals surface area contributed by atoms with E-state index in [4.69, 9.17) is 5.11 Å². The zero-order chi connectivity index (χ0) is 16.8. The fourth-order valence-corrected chi connectivity index (χ4v) is 2.98. The number of benzene rings is 1. The van der Waals surface area contributed by atoms with Gasteiger partial charge in [0.25, 0.3) is 0 Å². The molecule has 126 valence electrons. The number of nitrogens with zero attached hydrogens (tertiary/aromatic N) is 2. The number of fused-ring (bicyclic) bond motifs is 1. The third-order valence-electron chi connectivity index (χ3n) is 4.25. The standard InChI is InChI=1S/C19H23N3O2/c23-12-4-8-19(24)21-14-15-9-10-18(20-13-15)22-11-3-6-16-5-1-2-7-17(16)22/h1-2,5,7,9-10,13,23H,3-4,6,8,11-12,14H2,(H,21,24). The van der Waals surface area contributed by atoms with Crippen molar-refractivity contribution in [3.63, 3.8) is 0 Å². The first kappa shape index (κ1) is 16.5. The molecule has 1 aromatic heterocycles. The molecule has 24 heavy (non-hydrogen) atoms. The van der Waals surface area contributed by atoms with E-state index < -0.39 is 0 Å². The molecule has 0 aliphatic carbocycles. The number of amides is 1. The third-order valence-corrected chi connectivity index (χ3v) is 4.25. The zero-order valence-electron chi connectivity index (χ0n) is 13.7. The summed E-state index contributed by atoms with van der Waals surface area (Å²) >= 11 is 0. The molecule has 0 radical (unpaired) electrons. The number of pyridine rings is 1. The third kappa shape index (κ3) is 3.92. The van der Waals surface area contributed by atoms with Crippen molar-refractivity contribution in [1.29, 1.82) is 0 Å². The van der Waals surface area contributed by atoms with Gasteiger partial charge in [-0.25, -0.2) is 4.98 Å². The number of aromatic nitrogens is 1.